The van der Waals surface area contributed by atoms with Gasteiger partial charge in [0.15, 0.2) is 0 Å². The van der Waals surface area contributed by atoms with Crippen LogP contribution < -0.4 is 5.56 Å². The van der Waals surface area contributed by atoms with Gasteiger partial charge in [-0.15, -0.1) is 11.3 Å². The van der Waals surface area contributed by atoms with Crippen LogP contribution in [0.1, 0.15) is 43.9 Å². The second-order valence-corrected chi connectivity index (χ2v) is 11.5. The average Bonchev–Trinajstić information content (AvgIpc) is 3.44. The maximum absolute atomic E-state index is 14.0. The lowest BCUT2D eigenvalue weighted by Crippen LogP contribution is -2.60. The second-order valence-electron chi connectivity index (χ2n) is 9.61. The normalized spacial score (nSPS) is 17.3. The molecule has 0 bridgehead atoms. The molecule has 1 aromatic carbocycles. The molecule has 35 heavy (non-hydrogen) atoms. The zero-order valence-corrected chi connectivity index (χ0v) is 21.6. The third-order valence-electron chi connectivity index (χ3n) is 6.65. The first-order valence-electron chi connectivity index (χ1n) is 11.6. The number of thiophene rings is 1. The first-order valence-corrected chi connectivity index (χ1v) is 13.3. The Morgan fingerprint density at radius 2 is 2.06 bits per heavy atom. The van der Waals surface area contributed by atoms with Crippen molar-refractivity contribution in [2.24, 2.45) is 5.92 Å². The molecule has 1 saturated carbocycles. The summed E-state index contributed by atoms with van der Waals surface area (Å²) in [5.41, 5.74) is -0.508. The SMILES string of the molecule is CC1(F)CN(C(=O)Cn2cnc3sc(C#CCC4CCCC4)c(-c4ccc(F)c(Br)c4)c3c2=O)C1. The molecule has 1 amide bonds. The Balaban J connectivity index is 1.55. The van der Waals surface area contributed by atoms with Gasteiger partial charge in [0.1, 0.15) is 22.9 Å². The van der Waals surface area contributed by atoms with Gasteiger partial charge in [-0.05, 0) is 59.3 Å². The topological polar surface area (TPSA) is 55.2 Å². The van der Waals surface area contributed by atoms with Gasteiger partial charge in [-0.1, -0.05) is 30.7 Å². The fraction of sp³-hybridized carbons (Fsp3) is 0.423. The molecule has 5 rings (SSSR count). The van der Waals surface area contributed by atoms with Crippen molar-refractivity contribution < 1.29 is 13.6 Å². The van der Waals surface area contributed by atoms with Crippen molar-refractivity contribution in [3.05, 3.63) is 50.0 Å². The van der Waals surface area contributed by atoms with Crippen molar-refractivity contribution in [3.8, 4) is 23.0 Å². The molecule has 1 saturated heterocycles. The van der Waals surface area contributed by atoms with Crippen LogP contribution in [0.4, 0.5) is 8.78 Å². The number of hydrogen-bond donors (Lipinski definition) is 0. The predicted octanol–water partition coefficient (Wildman–Crippen LogP) is 5.53. The number of hydrogen-bond acceptors (Lipinski definition) is 4. The van der Waals surface area contributed by atoms with E-state index in [0.29, 0.717) is 32.1 Å². The van der Waals surface area contributed by atoms with Gasteiger partial charge in [0, 0.05) is 12.0 Å². The van der Waals surface area contributed by atoms with Gasteiger partial charge >= 0.3 is 0 Å². The first kappa shape index (κ1) is 24.1. The van der Waals surface area contributed by atoms with E-state index in [0.717, 1.165) is 6.42 Å². The van der Waals surface area contributed by atoms with Crippen LogP contribution in [0.2, 0.25) is 0 Å². The second kappa shape index (κ2) is 9.47. The number of halogens is 3. The highest BCUT2D eigenvalue weighted by atomic mass is 79.9. The Kier molecular flexibility index (Phi) is 6.53. The minimum Gasteiger partial charge on any atom is -0.335 e. The van der Waals surface area contributed by atoms with Gasteiger partial charge in [-0.25, -0.2) is 13.8 Å². The Hall–Kier alpha value is -2.57. The summed E-state index contributed by atoms with van der Waals surface area (Å²) in [5.74, 6) is 6.40. The molecule has 0 N–H and O–H groups in total. The van der Waals surface area contributed by atoms with Gasteiger partial charge < -0.3 is 4.90 Å². The molecule has 5 nitrogen and oxygen atoms in total. The third kappa shape index (κ3) is 4.91. The van der Waals surface area contributed by atoms with E-state index >= 15 is 0 Å². The molecule has 0 unspecified atom stereocenters. The fourth-order valence-corrected chi connectivity index (χ4v) is 6.22. The highest BCUT2D eigenvalue weighted by Crippen LogP contribution is 2.37. The van der Waals surface area contributed by atoms with Crippen LogP contribution in [0.15, 0.2) is 33.8 Å². The quantitative estimate of drug-likeness (QED) is 0.395. The lowest BCUT2D eigenvalue weighted by Gasteiger charge is -2.42. The van der Waals surface area contributed by atoms with E-state index in [9.17, 15) is 18.4 Å². The van der Waals surface area contributed by atoms with Crippen molar-refractivity contribution in [1.29, 1.82) is 0 Å². The molecule has 2 aliphatic rings. The van der Waals surface area contributed by atoms with Crippen LogP contribution in [-0.2, 0) is 11.3 Å². The van der Waals surface area contributed by atoms with Crippen LogP contribution >= 0.6 is 27.3 Å². The molecule has 0 atom stereocenters. The molecule has 2 aromatic heterocycles. The fourth-order valence-electron chi connectivity index (χ4n) is 4.82. The number of carbonyl (C=O) groups excluding carboxylic acids is 1. The van der Waals surface area contributed by atoms with E-state index in [2.05, 4.69) is 32.8 Å². The molecule has 3 heterocycles. The van der Waals surface area contributed by atoms with E-state index in [1.165, 1.54) is 65.8 Å². The monoisotopic (exact) mass is 559 g/mol. The van der Waals surface area contributed by atoms with Crippen LogP contribution in [0, 0.1) is 23.6 Å². The molecule has 1 aliphatic carbocycles. The lowest BCUT2D eigenvalue weighted by atomic mass is 9.99. The summed E-state index contributed by atoms with van der Waals surface area (Å²) >= 11 is 4.56. The van der Waals surface area contributed by atoms with Crippen molar-refractivity contribution in [3.63, 3.8) is 0 Å². The van der Waals surface area contributed by atoms with E-state index in [4.69, 9.17) is 0 Å². The van der Waals surface area contributed by atoms with Crippen LogP contribution in [0.3, 0.4) is 0 Å². The summed E-state index contributed by atoms with van der Waals surface area (Å²) in [6.07, 6.45) is 7.03. The number of nitrogens with zero attached hydrogens (tertiary/aromatic N) is 3. The third-order valence-corrected chi connectivity index (χ3v) is 8.27. The van der Waals surface area contributed by atoms with Gasteiger partial charge in [-0.3, -0.25) is 14.2 Å². The number of carbonyl (C=O) groups is 1. The maximum atomic E-state index is 14.0. The minimum atomic E-state index is -1.38. The van der Waals surface area contributed by atoms with Gasteiger partial charge in [-0.2, -0.15) is 0 Å². The molecule has 0 radical (unpaired) electrons. The van der Waals surface area contributed by atoms with Gasteiger partial charge in [0.2, 0.25) is 5.91 Å². The molecular weight excluding hydrogens is 536 g/mol. The number of aromatic nitrogens is 2. The number of alkyl halides is 1. The van der Waals surface area contributed by atoms with Crippen LogP contribution in [0.5, 0.6) is 0 Å². The number of amides is 1. The molecule has 1 aliphatic heterocycles. The smallest absolute Gasteiger partial charge is 0.263 e. The molecule has 182 valence electrons. The van der Waals surface area contributed by atoms with Crippen molar-refractivity contribution >= 4 is 43.4 Å². The van der Waals surface area contributed by atoms with Crippen molar-refractivity contribution in [2.45, 2.75) is 51.2 Å². The molecular formula is C26H24BrF2N3O2S. The Morgan fingerprint density at radius 1 is 1.31 bits per heavy atom. The number of rotatable bonds is 4. The van der Waals surface area contributed by atoms with Crippen LogP contribution in [-0.4, -0.2) is 39.1 Å². The largest absolute Gasteiger partial charge is 0.335 e. The van der Waals surface area contributed by atoms with Crippen molar-refractivity contribution in [1.82, 2.24) is 14.5 Å². The zero-order chi connectivity index (χ0) is 24.7. The number of fused-ring (bicyclic) bond motifs is 1. The molecule has 0 spiro atoms. The summed E-state index contributed by atoms with van der Waals surface area (Å²) in [7, 11) is 0. The first-order chi connectivity index (χ1) is 16.7. The van der Waals surface area contributed by atoms with E-state index in [1.54, 1.807) is 12.1 Å². The molecule has 9 heteroatoms. The summed E-state index contributed by atoms with van der Waals surface area (Å²) in [5, 5.41) is 0.355. The van der Waals surface area contributed by atoms with Crippen molar-refractivity contribution in [2.75, 3.05) is 13.1 Å². The van der Waals surface area contributed by atoms with E-state index in [1.807, 2.05) is 0 Å². The lowest BCUT2D eigenvalue weighted by molar-refractivity contribution is -0.144. The molecule has 3 aromatic rings. The van der Waals surface area contributed by atoms with E-state index < -0.39 is 11.5 Å². The number of benzene rings is 1. The highest BCUT2D eigenvalue weighted by molar-refractivity contribution is 9.10. The summed E-state index contributed by atoms with van der Waals surface area (Å²) in [6.45, 7) is 1.27. The zero-order valence-electron chi connectivity index (χ0n) is 19.2. The van der Waals surface area contributed by atoms with Crippen LogP contribution in [0.25, 0.3) is 21.3 Å². The number of likely N-dealkylation sites (tertiary alicyclic amines) is 1. The minimum absolute atomic E-state index is 0.0182. The standard InChI is InChI=1S/C26H24BrF2N3O2S/c1-26(29)13-32(14-26)21(33)12-31-15-30-24-23(25(31)34)22(17-9-10-19(28)18(27)11-17)20(35-24)8-4-7-16-5-2-3-6-16/h9-11,15-16H,2-3,5-7,12-14H2,1H3. The Morgan fingerprint density at radius 3 is 2.74 bits per heavy atom. The average molecular weight is 560 g/mol. The molecule has 2 fully saturated rings. The Labute approximate surface area is 214 Å². The van der Waals surface area contributed by atoms with E-state index in [-0.39, 0.29) is 35.6 Å². The predicted molar refractivity (Wildman–Crippen MR) is 137 cm³/mol. The highest BCUT2D eigenvalue weighted by Gasteiger charge is 2.41. The van der Waals surface area contributed by atoms with Gasteiger partial charge in [0.25, 0.3) is 5.56 Å². The summed E-state index contributed by atoms with van der Waals surface area (Å²) in [6, 6.07) is 4.59. The maximum Gasteiger partial charge on any atom is 0.263 e. The summed E-state index contributed by atoms with van der Waals surface area (Å²) in [4.78, 5) is 33.1. The Bertz CT molecular complexity index is 1420. The summed E-state index contributed by atoms with van der Waals surface area (Å²) < 4.78 is 29.3. The van der Waals surface area contributed by atoms with Gasteiger partial charge in [0.05, 0.1) is 34.2 Å².